The number of aryl methyl sites for hydroxylation is 1. The Kier molecular flexibility index (Phi) is 9.25. The Morgan fingerprint density at radius 1 is 0.783 bits per heavy atom. The maximum Gasteiger partial charge on any atom is 0.132 e. The van der Waals surface area contributed by atoms with E-state index in [1.165, 1.54) is 28.9 Å². The Labute approximate surface area is 273 Å². The number of hydrogen-bond donors (Lipinski definition) is 0. The second kappa shape index (κ2) is 14.2. The van der Waals surface area contributed by atoms with Crippen molar-refractivity contribution in [2.24, 2.45) is 11.8 Å². The van der Waals surface area contributed by atoms with E-state index in [0.717, 1.165) is 55.8 Å². The van der Waals surface area contributed by atoms with Gasteiger partial charge in [0.1, 0.15) is 11.5 Å². The van der Waals surface area contributed by atoms with Gasteiger partial charge in [-0.2, -0.15) is 0 Å². The summed E-state index contributed by atoms with van der Waals surface area (Å²) in [5.74, 6) is 2.85. The number of nitrogens with zero attached hydrogens (tertiary/aromatic N) is 2. The van der Waals surface area contributed by atoms with Gasteiger partial charge in [0.05, 0.1) is 30.8 Å². The van der Waals surface area contributed by atoms with Gasteiger partial charge in [-0.05, 0) is 73.8 Å². The smallest absolute Gasteiger partial charge is 0.132 e. The quantitative estimate of drug-likeness (QED) is 0.157. The highest BCUT2D eigenvalue weighted by Crippen LogP contribution is 2.54. The van der Waals surface area contributed by atoms with Crippen molar-refractivity contribution in [3.63, 3.8) is 0 Å². The van der Waals surface area contributed by atoms with E-state index in [1.54, 1.807) is 0 Å². The van der Waals surface area contributed by atoms with Crippen molar-refractivity contribution >= 4 is 0 Å². The second-order valence-electron chi connectivity index (χ2n) is 12.7. The van der Waals surface area contributed by atoms with Crippen LogP contribution in [0.5, 0.6) is 11.5 Å². The predicted octanol–water partition coefficient (Wildman–Crippen LogP) is 9.51. The molecule has 4 nitrogen and oxygen atoms in total. The van der Waals surface area contributed by atoms with Crippen LogP contribution in [0.1, 0.15) is 47.3 Å². The first-order valence-corrected chi connectivity index (χ1v) is 16.6. The molecule has 1 fully saturated rings. The first kappa shape index (κ1) is 30.0. The van der Waals surface area contributed by atoms with Gasteiger partial charge >= 0.3 is 0 Å². The third-order valence-electron chi connectivity index (χ3n) is 9.40. The Hall–Kier alpha value is -4.67. The zero-order chi connectivity index (χ0) is 31.0. The van der Waals surface area contributed by atoms with Crippen molar-refractivity contribution in [2.75, 3.05) is 6.61 Å². The molecule has 3 unspecified atom stereocenters. The van der Waals surface area contributed by atoms with Crippen LogP contribution < -0.4 is 4.74 Å². The number of ether oxygens (including phenoxy) is 2. The van der Waals surface area contributed by atoms with E-state index in [0.29, 0.717) is 18.4 Å². The van der Waals surface area contributed by atoms with Gasteiger partial charge in [0.15, 0.2) is 0 Å². The zero-order valence-corrected chi connectivity index (χ0v) is 26.4. The van der Waals surface area contributed by atoms with Crippen molar-refractivity contribution in [3.8, 4) is 11.5 Å². The molecule has 0 N–H and O–H groups in total. The molecule has 1 heterocycles. The molecule has 0 amide bonds. The minimum absolute atomic E-state index is 0.129. The number of hydrogen-bond acceptors (Lipinski definition) is 3. The summed E-state index contributed by atoms with van der Waals surface area (Å²) in [6, 6.07) is 39.1. The van der Waals surface area contributed by atoms with Crippen LogP contribution >= 0.6 is 0 Å². The summed E-state index contributed by atoms with van der Waals surface area (Å²) >= 11 is 0. The first-order valence-electron chi connectivity index (χ1n) is 16.6. The molecule has 232 valence electrons. The van der Waals surface area contributed by atoms with Gasteiger partial charge in [0.2, 0.25) is 0 Å². The van der Waals surface area contributed by atoms with Crippen LogP contribution in [0.15, 0.2) is 146 Å². The maximum absolute atomic E-state index is 6.24. The first-order chi connectivity index (χ1) is 22.8. The number of imidazole rings is 1. The van der Waals surface area contributed by atoms with Gasteiger partial charge in [0, 0.05) is 17.2 Å². The molecule has 8 rings (SSSR count). The van der Waals surface area contributed by atoms with Crippen LogP contribution in [-0.2, 0) is 36.1 Å². The molecule has 4 heteroatoms. The molecule has 4 aromatic carbocycles. The molecule has 0 saturated heterocycles. The molecular formula is C42H42N2O2. The number of para-hydroxylation sites is 2. The van der Waals surface area contributed by atoms with E-state index in [1.807, 2.05) is 48.5 Å². The Morgan fingerprint density at radius 3 is 2.24 bits per heavy atom. The van der Waals surface area contributed by atoms with E-state index in [9.17, 15) is 0 Å². The average molecular weight is 607 g/mol. The number of fused-ring (bicyclic) bond motifs is 2. The fourth-order valence-corrected chi connectivity index (χ4v) is 6.82. The van der Waals surface area contributed by atoms with Gasteiger partial charge in [-0.15, -0.1) is 0 Å². The van der Waals surface area contributed by atoms with E-state index < -0.39 is 0 Å². The highest BCUT2D eigenvalue weighted by molar-refractivity contribution is 5.37. The standard InChI is InChI=1S/C29H30N2O2.C13H12/c1-4-11-25(12-5-1)33-28-13-7-6-9-23(28)20-32-19-22-14-15-26-27(17-22)31(21-30-26)29-16-8-2-3-10-24(29)18-29;1-3-7-12(8-4-1)11-13-9-5-2-6-10-13/h1,3-13,16,21-22,24H,2,14-15,17-20H2;1-10H,11H2. The van der Waals surface area contributed by atoms with Crippen molar-refractivity contribution < 1.29 is 9.47 Å². The Bertz CT molecular complexity index is 1720. The maximum atomic E-state index is 6.24. The fourth-order valence-electron chi connectivity index (χ4n) is 6.82. The van der Waals surface area contributed by atoms with Gasteiger partial charge in [-0.25, -0.2) is 4.98 Å². The lowest BCUT2D eigenvalue weighted by Gasteiger charge is -2.26. The van der Waals surface area contributed by atoms with Gasteiger partial charge in [-0.3, -0.25) is 0 Å². The van der Waals surface area contributed by atoms with Crippen molar-refractivity contribution in [1.82, 2.24) is 9.55 Å². The topological polar surface area (TPSA) is 36.3 Å². The molecule has 46 heavy (non-hydrogen) atoms. The molecule has 0 aliphatic heterocycles. The van der Waals surface area contributed by atoms with Crippen LogP contribution in [0.2, 0.25) is 0 Å². The Balaban J connectivity index is 0.000000218. The molecule has 1 aromatic heterocycles. The van der Waals surface area contributed by atoms with Crippen molar-refractivity contribution in [3.05, 3.63) is 174 Å². The molecule has 5 aromatic rings. The van der Waals surface area contributed by atoms with Crippen molar-refractivity contribution in [2.45, 2.75) is 50.7 Å². The van der Waals surface area contributed by atoms with E-state index >= 15 is 0 Å². The summed E-state index contributed by atoms with van der Waals surface area (Å²) < 4.78 is 14.8. The monoisotopic (exact) mass is 606 g/mol. The number of rotatable bonds is 9. The summed E-state index contributed by atoms with van der Waals surface area (Å²) in [5, 5.41) is 0. The van der Waals surface area contributed by atoms with Crippen LogP contribution in [0, 0.1) is 11.8 Å². The second-order valence-corrected chi connectivity index (χ2v) is 12.7. The van der Waals surface area contributed by atoms with Crippen LogP contribution in [0.4, 0.5) is 0 Å². The third-order valence-corrected chi connectivity index (χ3v) is 9.40. The minimum atomic E-state index is 0.129. The lowest BCUT2D eigenvalue weighted by atomic mass is 9.90. The lowest BCUT2D eigenvalue weighted by Crippen LogP contribution is -2.25. The van der Waals surface area contributed by atoms with E-state index in [4.69, 9.17) is 14.5 Å². The minimum Gasteiger partial charge on any atom is -0.457 e. The molecule has 1 saturated carbocycles. The van der Waals surface area contributed by atoms with E-state index in [-0.39, 0.29) is 5.54 Å². The number of benzene rings is 4. The summed E-state index contributed by atoms with van der Waals surface area (Å²) in [7, 11) is 0. The van der Waals surface area contributed by atoms with Gasteiger partial charge in [0.25, 0.3) is 0 Å². The summed E-state index contributed by atoms with van der Waals surface area (Å²) in [4.78, 5) is 4.80. The molecule has 0 bridgehead atoms. The molecule has 0 spiro atoms. The molecular weight excluding hydrogens is 564 g/mol. The van der Waals surface area contributed by atoms with Crippen molar-refractivity contribution in [1.29, 1.82) is 0 Å². The SMILES string of the molecule is C1=CC2CC2(n2cnc3c2CC(COCc2ccccc2Oc2ccccc2)CC3)C=CC1.c1ccc(Cc2ccccc2)cc1. The van der Waals surface area contributed by atoms with Crippen LogP contribution in [0.25, 0.3) is 0 Å². The predicted molar refractivity (Wildman–Crippen MR) is 185 cm³/mol. The summed E-state index contributed by atoms with van der Waals surface area (Å²) in [6.07, 6.45) is 18.0. The highest BCUT2D eigenvalue weighted by Gasteiger charge is 2.53. The fraction of sp³-hybridized carbons (Fsp3) is 0.262. The third kappa shape index (κ3) is 7.08. The van der Waals surface area contributed by atoms with Crippen LogP contribution in [0.3, 0.4) is 0 Å². The van der Waals surface area contributed by atoms with Crippen LogP contribution in [-0.4, -0.2) is 16.2 Å². The zero-order valence-electron chi connectivity index (χ0n) is 26.4. The number of allylic oxidation sites excluding steroid dienone is 4. The molecule has 0 radical (unpaired) electrons. The average Bonchev–Trinajstić information content (AvgIpc) is 3.70. The Morgan fingerprint density at radius 2 is 1.48 bits per heavy atom. The molecule has 3 atom stereocenters. The number of aromatic nitrogens is 2. The lowest BCUT2D eigenvalue weighted by molar-refractivity contribution is 0.0803. The van der Waals surface area contributed by atoms with Gasteiger partial charge in [-0.1, -0.05) is 121 Å². The molecule has 3 aliphatic carbocycles. The molecule has 3 aliphatic rings. The summed E-state index contributed by atoms with van der Waals surface area (Å²) in [6.45, 7) is 1.32. The highest BCUT2D eigenvalue weighted by atomic mass is 16.5. The van der Waals surface area contributed by atoms with Gasteiger partial charge < -0.3 is 14.0 Å². The summed E-state index contributed by atoms with van der Waals surface area (Å²) in [5.41, 5.74) is 6.66. The van der Waals surface area contributed by atoms with E-state index in [2.05, 4.69) is 102 Å². The normalized spacial score (nSPS) is 20.9. The largest absolute Gasteiger partial charge is 0.457 e.